The molecular formula is C14H18N2O2. The summed E-state index contributed by atoms with van der Waals surface area (Å²) in [7, 11) is 0. The highest BCUT2D eigenvalue weighted by atomic mass is 16.6. The zero-order chi connectivity index (χ0) is 12.5. The molecule has 2 heterocycles. The van der Waals surface area contributed by atoms with Crippen molar-refractivity contribution in [1.82, 2.24) is 4.90 Å². The molecule has 4 heteroatoms. The van der Waals surface area contributed by atoms with E-state index in [-0.39, 0.29) is 6.09 Å². The van der Waals surface area contributed by atoms with Crippen molar-refractivity contribution >= 4 is 11.8 Å². The fourth-order valence-electron chi connectivity index (χ4n) is 2.97. The predicted molar refractivity (Wildman–Crippen MR) is 69.8 cm³/mol. The molecule has 0 saturated carbocycles. The minimum Gasteiger partial charge on any atom is -0.450 e. The molecule has 2 aliphatic heterocycles. The van der Waals surface area contributed by atoms with Gasteiger partial charge in [-0.1, -0.05) is 18.2 Å². The molecule has 0 aliphatic carbocycles. The molecule has 0 aromatic heterocycles. The van der Waals surface area contributed by atoms with E-state index in [9.17, 15) is 4.79 Å². The Kier molecular flexibility index (Phi) is 2.86. The van der Waals surface area contributed by atoms with E-state index in [1.807, 2.05) is 17.9 Å². The van der Waals surface area contributed by atoms with Crippen molar-refractivity contribution in [3.05, 3.63) is 29.8 Å². The van der Waals surface area contributed by atoms with Crippen molar-refractivity contribution in [2.24, 2.45) is 0 Å². The van der Waals surface area contributed by atoms with Gasteiger partial charge in [0.25, 0.3) is 0 Å². The highest BCUT2D eigenvalue weighted by molar-refractivity contribution is 5.69. The number of hydrogen-bond donors (Lipinski definition) is 1. The second kappa shape index (κ2) is 4.52. The molecule has 18 heavy (non-hydrogen) atoms. The molecule has 1 fully saturated rings. The molecule has 1 amide bonds. The second-order valence-corrected chi connectivity index (χ2v) is 4.88. The van der Waals surface area contributed by atoms with E-state index in [1.54, 1.807) is 0 Å². The maximum absolute atomic E-state index is 11.8. The molecule has 1 N–H and O–H groups in total. The number of ether oxygens (including phenoxy) is 1. The van der Waals surface area contributed by atoms with E-state index in [0.717, 1.165) is 19.5 Å². The van der Waals surface area contributed by atoms with E-state index in [0.29, 0.717) is 18.6 Å². The van der Waals surface area contributed by atoms with Crippen molar-refractivity contribution in [2.45, 2.75) is 25.3 Å². The van der Waals surface area contributed by atoms with Crippen LogP contribution in [0, 0.1) is 0 Å². The Morgan fingerprint density at radius 3 is 3.17 bits per heavy atom. The van der Waals surface area contributed by atoms with Gasteiger partial charge in [-0.05, 0) is 25.0 Å². The third-order valence-electron chi connectivity index (χ3n) is 3.84. The lowest BCUT2D eigenvalue weighted by atomic mass is 9.89. The van der Waals surface area contributed by atoms with Crippen LogP contribution in [-0.2, 0) is 4.74 Å². The molecule has 2 aliphatic rings. The van der Waals surface area contributed by atoms with Crippen LogP contribution in [0.1, 0.15) is 24.8 Å². The summed E-state index contributed by atoms with van der Waals surface area (Å²) in [6, 6.07) is 8.84. The first-order valence-corrected chi connectivity index (χ1v) is 6.56. The number of carbonyl (C=O) groups is 1. The van der Waals surface area contributed by atoms with Gasteiger partial charge in [0.1, 0.15) is 0 Å². The van der Waals surface area contributed by atoms with Crippen LogP contribution in [0.15, 0.2) is 24.3 Å². The normalized spacial score (nSPS) is 25.1. The first kappa shape index (κ1) is 11.4. The zero-order valence-corrected chi connectivity index (χ0v) is 10.6. The highest BCUT2D eigenvalue weighted by Gasteiger charge is 2.38. The van der Waals surface area contributed by atoms with Gasteiger partial charge in [-0.25, -0.2) is 4.79 Å². The SMILES string of the molecule is CCOC(=O)N1CC[C@@H]2Nc3ccccc3[C@H]2C1. The lowest BCUT2D eigenvalue weighted by Gasteiger charge is -2.34. The lowest BCUT2D eigenvalue weighted by molar-refractivity contribution is 0.0949. The van der Waals surface area contributed by atoms with Crippen LogP contribution in [0.5, 0.6) is 0 Å². The first-order valence-electron chi connectivity index (χ1n) is 6.56. The highest BCUT2D eigenvalue weighted by Crippen LogP contribution is 2.39. The summed E-state index contributed by atoms with van der Waals surface area (Å²) in [5.74, 6) is 0.402. The Morgan fingerprint density at radius 1 is 1.50 bits per heavy atom. The van der Waals surface area contributed by atoms with Crippen LogP contribution < -0.4 is 5.32 Å². The smallest absolute Gasteiger partial charge is 0.409 e. The number of nitrogens with zero attached hydrogens (tertiary/aromatic N) is 1. The van der Waals surface area contributed by atoms with Crippen LogP contribution in [0.25, 0.3) is 0 Å². The van der Waals surface area contributed by atoms with E-state index in [2.05, 4.69) is 23.5 Å². The number of nitrogens with one attached hydrogen (secondary N) is 1. The number of benzene rings is 1. The molecule has 0 bridgehead atoms. The molecule has 1 saturated heterocycles. The Bertz CT molecular complexity index is 461. The van der Waals surface area contributed by atoms with Crippen LogP contribution >= 0.6 is 0 Å². The minimum atomic E-state index is -0.180. The van der Waals surface area contributed by atoms with Crippen molar-refractivity contribution in [2.75, 3.05) is 25.0 Å². The van der Waals surface area contributed by atoms with Crippen LogP contribution in [0.4, 0.5) is 10.5 Å². The van der Waals surface area contributed by atoms with Crippen molar-refractivity contribution in [3.63, 3.8) is 0 Å². The van der Waals surface area contributed by atoms with Crippen molar-refractivity contribution in [1.29, 1.82) is 0 Å². The van der Waals surface area contributed by atoms with E-state index >= 15 is 0 Å². The zero-order valence-electron chi connectivity index (χ0n) is 10.6. The Labute approximate surface area is 107 Å². The number of para-hydroxylation sites is 1. The van der Waals surface area contributed by atoms with Gasteiger partial charge >= 0.3 is 6.09 Å². The molecule has 2 atom stereocenters. The first-order chi connectivity index (χ1) is 8.79. The quantitative estimate of drug-likeness (QED) is 0.827. The molecule has 0 radical (unpaired) electrons. The largest absolute Gasteiger partial charge is 0.450 e. The number of piperidine rings is 1. The summed E-state index contributed by atoms with van der Waals surface area (Å²) < 4.78 is 5.08. The number of rotatable bonds is 1. The second-order valence-electron chi connectivity index (χ2n) is 4.88. The van der Waals surface area contributed by atoms with Gasteiger partial charge in [-0.3, -0.25) is 0 Å². The van der Waals surface area contributed by atoms with Gasteiger partial charge in [0.05, 0.1) is 6.61 Å². The average molecular weight is 246 g/mol. The van der Waals surface area contributed by atoms with Crippen LogP contribution in [0.3, 0.4) is 0 Å². The maximum atomic E-state index is 11.8. The molecule has 0 spiro atoms. The van der Waals surface area contributed by atoms with E-state index in [4.69, 9.17) is 4.74 Å². The summed E-state index contributed by atoms with van der Waals surface area (Å²) in [6.07, 6.45) is 0.804. The van der Waals surface area contributed by atoms with Crippen molar-refractivity contribution in [3.8, 4) is 0 Å². The standard InChI is InChI=1S/C14H18N2O2/c1-2-18-14(17)16-8-7-13-11(9-16)10-5-3-4-6-12(10)15-13/h3-6,11,13,15H,2,7-9H2,1H3/t11-,13+/m1/s1. The Hall–Kier alpha value is -1.71. The average Bonchev–Trinajstić information content (AvgIpc) is 2.76. The molecule has 4 nitrogen and oxygen atoms in total. The van der Waals surface area contributed by atoms with Crippen molar-refractivity contribution < 1.29 is 9.53 Å². The third-order valence-corrected chi connectivity index (χ3v) is 3.84. The fraction of sp³-hybridized carbons (Fsp3) is 0.500. The molecule has 1 aromatic carbocycles. The van der Waals surface area contributed by atoms with E-state index < -0.39 is 0 Å². The van der Waals surface area contributed by atoms with Gasteiger partial charge < -0.3 is 15.0 Å². The summed E-state index contributed by atoms with van der Waals surface area (Å²) >= 11 is 0. The number of anilines is 1. The summed E-state index contributed by atoms with van der Waals surface area (Å²) in [5.41, 5.74) is 2.55. The van der Waals surface area contributed by atoms with Gasteiger partial charge in [0, 0.05) is 30.7 Å². The molecule has 0 unspecified atom stereocenters. The number of hydrogen-bond acceptors (Lipinski definition) is 3. The minimum absolute atomic E-state index is 0.180. The number of likely N-dealkylation sites (tertiary alicyclic amines) is 1. The Balaban J connectivity index is 1.77. The summed E-state index contributed by atoms with van der Waals surface area (Å²) in [4.78, 5) is 13.6. The van der Waals surface area contributed by atoms with Crippen LogP contribution in [0.2, 0.25) is 0 Å². The van der Waals surface area contributed by atoms with E-state index in [1.165, 1.54) is 11.3 Å². The third kappa shape index (κ3) is 1.82. The lowest BCUT2D eigenvalue weighted by Crippen LogP contribution is -2.45. The van der Waals surface area contributed by atoms with Crippen LogP contribution in [-0.4, -0.2) is 36.7 Å². The van der Waals surface area contributed by atoms with Gasteiger partial charge in [-0.15, -0.1) is 0 Å². The number of carbonyl (C=O) groups excluding carboxylic acids is 1. The molecular weight excluding hydrogens is 228 g/mol. The maximum Gasteiger partial charge on any atom is 0.409 e. The molecule has 96 valence electrons. The van der Waals surface area contributed by atoms with Gasteiger partial charge in [-0.2, -0.15) is 0 Å². The monoisotopic (exact) mass is 246 g/mol. The fourth-order valence-corrected chi connectivity index (χ4v) is 2.97. The number of fused-ring (bicyclic) bond motifs is 3. The topological polar surface area (TPSA) is 41.6 Å². The molecule has 3 rings (SSSR count). The Morgan fingerprint density at radius 2 is 2.33 bits per heavy atom. The predicted octanol–water partition coefficient (Wildman–Crippen LogP) is 2.43. The molecule has 1 aromatic rings. The van der Waals surface area contributed by atoms with Gasteiger partial charge in [0.15, 0.2) is 0 Å². The van der Waals surface area contributed by atoms with Gasteiger partial charge in [0.2, 0.25) is 0 Å². The summed E-state index contributed by atoms with van der Waals surface area (Å²) in [5, 5.41) is 3.55. The summed E-state index contributed by atoms with van der Waals surface area (Å²) in [6.45, 7) is 3.82. The number of amides is 1.